The number of halogens is 1. The summed E-state index contributed by atoms with van der Waals surface area (Å²) in [5, 5.41) is 0.704. The van der Waals surface area contributed by atoms with Gasteiger partial charge in [-0.25, -0.2) is 4.99 Å². The van der Waals surface area contributed by atoms with E-state index >= 15 is 0 Å². The van der Waals surface area contributed by atoms with Gasteiger partial charge in [0.15, 0.2) is 10.6 Å². The molecule has 146 valence electrons. The van der Waals surface area contributed by atoms with Crippen LogP contribution in [-0.2, 0) is 11.3 Å². The third-order valence-electron chi connectivity index (χ3n) is 4.89. The highest BCUT2D eigenvalue weighted by atomic mass is 35.5. The molecule has 27 heavy (non-hydrogen) atoms. The van der Waals surface area contributed by atoms with Gasteiger partial charge < -0.3 is 9.30 Å². The lowest BCUT2D eigenvalue weighted by Crippen LogP contribution is -2.37. The standard InChI is InChI=1S/C20H26ClN3O2S/c1-14-17(21)6-4-7-18(14)22-20-24(15(2)19(27-20)16(3)25)9-5-8-23-10-12-26-13-11-23/h4,6-7H,5,8-13H2,1-3H3. The van der Waals surface area contributed by atoms with Gasteiger partial charge in [-0.1, -0.05) is 29.0 Å². The van der Waals surface area contributed by atoms with Gasteiger partial charge >= 0.3 is 0 Å². The molecule has 0 N–H and O–H groups in total. The second-order valence-electron chi connectivity index (χ2n) is 6.81. The van der Waals surface area contributed by atoms with Crippen LogP contribution in [0.5, 0.6) is 0 Å². The Labute approximate surface area is 169 Å². The Morgan fingerprint density at radius 3 is 2.70 bits per heavy atom. The summed E-state index contributed by atoms with van der Waals surface area (Å²) in [6, 6.07) is 5.73. The Morgan fingerprint density at radius 1 is 1.26 bits per heavy atom. The molecule has 0 saturated carbocycles. The van der Waals surface area contributed by atoms with Crippen molar-refractivity contribution in [3.63, 3.8) is 0 Å². The molecule has 1 aromatic carbocycles. The van der Waals surface area contributed by atoms with E-state index < -0.39 is 0 Å². The maximum Gasteiger partial charge on any atom is 0.190 e. The number of morpholine rings is 1. The van der Waals surface area contributed by atoms with Crippen molar-refractivity contribution in [1.29, 1.82) is 0 Å². The lowest BCUT2D eigenvalue weighted by atomic mass is 10.2. The van der Waals surface area contributed by atoms with Crippen molar-refractivity contribution in [3.8, 4) is 0 Å². The number of carbonyl (C=O) groups is 1. The number of aromatic nitrogens is 1. The van der Waals surface area contributed by atoms with Gasteiger partial charge in [0.1, 0.15) is 0 Å². The number of thiazole rings is 1. The Bertz CT molecular complexity index is 882. The fraction of sp³-hybridized carbons (Fsp3) is 0.500. The van der Waals surface area contributed by atoms with Gasteiger partial charge in [0.05, 0.1) is 23.8 Å². The van der Waals surface area contributed by atoms with Crippen LogP contribution in [0.4, 0.5) is 5.69 Å². The van der Waals surface area contributed by atoms with Crippen LogP contribution in [0.3, 0.4) is 0 Å². The first-order valence-electron chi connectivity index (χ1n) is 9.28. The molecular formula is C20H26ClN3O2S. The molecule has 1 fully saturated rings. The molecule has 7 heteroatoms. The third-order valence-corrected chi connectivity index (χ3v) is 6.58. The van der Waals surface area contributed by atoms with Crippen molar-refractivity contribution in [2.45, 2.75) is 33.7 Å². The second-order valence-corrected chi connectivity index (χ2v) is 8.20. The molecule has 0 atom stereocenters. The topological polar surface area (TPSA) is 46.8 Å². The zero-order valence-corrected chi connectivity index (χ0v) is 17.7. The SMILES string of the molecule is CC(=O)c1sc(=Nc2cccc(Cl)c2C)n(CCCN2CCOCC2)c1C. The summed E-state index contributed by atoms with van der Waals surface area (Å²) in [6.07, 6.45) is 1.01. The number of nitrogens with zero attached hydrogens (tertiary/aromatic N) is 3. The monoisotopic (exact) mass is 407 g/mol. The van der Waals surface area contributed by atoms with Crippen LogP contribution in [0.1, 0.15) is 34.3 Å². The Balaban J connectivity index is 1.88. The molecule has 1 aliphatic heterocycles. The third kappa shape index (κ3) is 4.88. The zero-order chi connectivity index (χ0) is 19.4. The van der Waals surface area contributed by atoms with Crippen molar-refractivity contribution in [2.75, 3.05) is 32.8 Å². The molecule has 3 rings (SSSR count). The van der Waals surface area contributed by atoms with Gasteiger partial charge in [0.25, 0.3) is 0 Å². The summed E-state index contributed by atoms with van der Waals surface area (Å²) in [4.78, 5) is 20.9. The number of ketones is 1. The molecule has 0 aliphatic carbocycles. The maximum absolute atomic E-state index is 12.0. The lowest BCUT2D eigenvalue weighted by Gasteiger charge is -2.26. The minimum atomic E-state index is 0.0868. The largest absolute Gasteiger partial charge is 0.379 e. The van der Waals surface area contributed by atoms with E-state index in [0.717, 1.165) is 72.4 Å². The first kappa shape index (κ1) is 20.3. The molecular weight excluding hydrogens is 382 g/mol. The zero-order valence-electron chi connectivity index (χ0n) is 16.1. The van der Waals surface area contributed by atoms with Gasteiger partial charge in [-0.2, -0.15) is 0 Å². The normalized spacial score (nSPS) is 16.1. The van der Waals surface area contributed by atoms with Crippen molar-refractivity contribution in [2.24, 2.45) is 4.99 Å². The summed E-state index contributed by atoms with van der Waals surface area (Å²) in [5.74, 6) is 0.0868. The van der Waals surface area contributed by atoms with Gasteiger partial charge in [0.2, 0.25) is 0 Å². The molecule has 0 amide bonds. The van der Waals surface area contributed by atoms with E-state index in [-0.39, 0.29) is 5.78 Å². The molecule has 2 heterocycles. The van der Waals surface area contributed by atoms with Crippen LogP contribution in [0.15, 0.2) is 23.2 Å². The number of carbonyl (C=O) groups excluding carboxylic acids is 1. The molecule has 0 bridgehead atoms. The van der Waals surface area contributed by atoms with Gasteiger partial charge in [0, 0.05) is 43.8 Å². The van der Waals surface area contributed by atoms with Crippen LogP contribution in [0.2, 0.25) is 5.02 Å². The Morgan fingerprint density at radius 2 is 2.00 bits per heavy atom. The highest BCUT2D eigenvalue weighted by Crippen LogP contribution is 2.25. The molecule has 1 aromatic heterocycles. The summed E-state index contributed by atoms with van der Waals surface area (Å²) < 4.78 is 7.58. The number of Topliss-reactive ketones (excluding diaryl/α,β-unsaturated/α-hetero) is 1. The van der Waals surface area contributed by atoms with Crippen molar-refractivity contribution >= 4 is 34.4 Å². The smallest absolute Gasteiger partial charge is 0.190 e. The fourth-order valence-electron chi connectivity index (χ4n) is 3.26. The average molecular weight is 408 g/mol. The number of benzene rings is 1. The van der Waals surface area contributed by atoms with Crippen LogP contribution in [0, 0.1) is 13.8 Å². The lowest BCUT2D eigenvalue weighted by molar-refractivity contribution is 0.0369. The summed E-state index contributed by atoms with van der Waals surface area (Å²) >= 11 is 7.70. The van der Waals surface area contributed by atoms with E-state index in [2.05, 4.69) is 9.47 Å². The van der Waals surface area contributed by atoms with Crippen LogP contribution in [-0.4, -0.2) is 48.1 Å². The average Bonchev–Trinajstić information content (AvgIpc) is 2.96. The summed E-state index contributed by atoms with van der Waals surface area (Å²) in [7, 11) is 0. The molecule has 5 nitrogen and oxygen atoms in total. The summed E-state index contributed by atoms with van der Waals surface area (Å²) in [6.45, 7) is 11.1. The molecule has 0 radical (unpaired) electrons. The Kier molecular flexibility index (Phi) is 6.87. The summed E-state index contributed by atoms with van der Waals surface area (Å²) in [5.41, 5.74) is 2.79. The van der Waals surface area contributed by atoms with Gasteiger partial charge in [-0.3, -0.25) is 9.69 Å². The van der Waals surface area contributed by atoms with Gasteiger partial charge in [-0.15, -0.1) is 0 Å². The van der Waals surface area contributed by atoms with Crippen LogP contribution < -0.4 is 4.80 Å². The van der Waals surface area contributed by atoms with E-state index in [1.165, 1.54) is 11.3 Å². The first-order valence-corrected chi connectivity index (χ1v) is 10.5. The number of hydrogen-bond donors (Lipinski definition) is 0. The van der Waals surface area contributed by atoms with E-state index in [1.807, 2.05) is 32.0 Å². The highest BCUT2D eigenvalue weighted by Gasteiger charge is 2.15. The number of ether oxygens (including phenoxy) is 1. The van der Waals surface area contributed by atoms with E-state index in [9.17, 15) is 4.79 Å². The van der Waals surface area contributed by atoms with E-state index in [0.29, 0.717) is 5.02 Å². The van der Waals surface area contributed by atoms with Crippen molar-refractivity contribution < 1.29 is 9.53 Å². The molecule has 1 aliphatic rings. The van der Waals surface area contributed by atoms with Crippen molar-refractivity contribution in [3.05, 3.63) is 44.2 Å². The predicted molar refractivity (Wildman–Crippen MR) is 110 cm³/mol. The highest BCUT2D eigenvalue weighted by molar-refractivity contribution is 7.11. The minimum absolute atomic E-state index is 0.0868. The maximum atomic E-state index is 12.0. The van der Waals surface area contributed by atoms with Crippen LogP contribution in [0.25, 0.3) is 0 Å². The van der Waals surface area contributed by atoms with Crippen LogP contribution >= 0.6 is 22.9 Å². The molecule has 0 spiro atoms. The number of hydrogen-bond acceptors (Lipinski definition) is 5. The molecule has 0 unspecified atom stereocenters. The van der Waals surface area contributed by atoms with E-state index in [4.69, 9.17) is 21.3 Å². The minimum Gasteiger partial charge on any atom is -0.379 e. The number of rotatable bonds is 6. The van der Waals surface area contributed by atoms with E-state index in [1.54, 1.807) is 6.92 Å². The molecule has 2 aromatic rings. The Hall–Kier alpha value is -1.47. The predicted octanol–water partition coefficient (Wildman–Crippen LogP) is 3.98. The molecule has 1 saturated heterocycles. The quantitative estimate of drug-likeness (QED) is 0.680. The van der Waals surface area contributed by atoms with Gasteiger partial charge in [-0.05, 0) is 38.0 Å². The first-order chi connectivity index (χ1) is 13.0. The fourth-order valence-corrected chi connectivity index (χ4v) is 4.49. The second kappa shape index (κ2) is 9.15. The van der Waals surface area contributed by atoms with Crippen molar-refractivity contribution in [1.82, 2.24) is 9.47 Å².